The summed E-state index contributed by atoms with van der Waals surface area (Å²) >= 11 is 0. The standard InChI is InChI=1S/C10H20N2O6S/c1-6(2)4-7(12-19(3,17)18)9(14)11-8(5-13)10(15)16/h6-8,12-13H,4-5H2,1-3H3,(H,11,14)(H,15,16). The third-order valence-corrected chi connectivity index (χ3v) is 2.89. The van der Waals surface area contributed by atoms with E-state index in [9.17, 15) is 18.0 Å². The lowest BCUT2D eigenvalue weighted by Crippen LogP contribution is -2.52. The fourth-order valence-electron chi connectivity index (χ4n) is 1.40. The normalized spacial score (nSPS) is 15.0. The summed E-state index contributed by atoms with van der Waals surface area (Å²) in [5.41, 5.74) is 0. The van der Waals surface area contributed by atoms with Gasteiger partial charge in [0.05, 0.1) is 12.9 Å². The molecule has 0 bridgehead atoms. The van der Waals surface area contributed by atoms with Gasteiger partial charge in [-0.2, -0.15) is 0 Å². The van der Waals surface area contributed by atoms with Gasteiger partial charge >= 0.3 is 5.97 Å². The molecule has 4 N–H and O–H groups in total. The van der Waals surface area contributed by atoms with Crippen molar-refractivity contribution < 1.29 is 28.2 Å². The minimum absolute atomic E-state index is 0.0300. The van der Waals surface area contributed by atoms with Crippen LogP contribution in [0.1, 0.15) is 20.3 Å². The third kappa shape index (κ3) is 7.75. The number of aliphatic hydroxyl groups excluding tert-OH is 1. The fraction of sp³-hybridized carbons (Fsp3) is 0.800. The Kier molecular flexibility index (Phi) is 6.95. The molecule has 0 aliphatic heterocycles. The Labute approximate surface area is 112 Å². The molecule has 112 valence electrons. The highest BCUT2D eigenvalue weighted by atomic mass is 32.2. The number of amides is 1. The number of carbonyl (C=O) groups is 2. The number of aliphatic hydroxyl groups is 1. The van der Waals surface area contributed by atoms with Crippen molar-refractivity contribution in [2.24, 2.45) is 5.92 Å². The average molecular weight is 296 g/mol. The van der Waals surface area contributed by atoms with E-state index < -0.39 is 40.6 Å². The van der Waals surface area contributed by atoms with Crippen LogP contribution in [0.15, 0.2) is 0 Å². The molecule has 0 saturated carbocycles. The molecule has 0 aromatic carbocycles. The zero-order valence-electron chi connectivity index (χ0n) is 11.1. The molecule has 0 heterocycles. The van der Waals surface area contributed by atoms with Crippen molar-refractivity contribution >= 4 is 21.9 Å². The number of hydrogen-bond acceptors (Lipinski definition) is 5. The Balaban J connectivity index is 4.85. The lowest BCUT2D eigenvalue weighted by atomic mass is 10.0. The second-order valence-electron chi connectivity index (χ2n) is 4.65. The number of carboxylic acid groups (broad SMARTS) is 1. The van der Waals surface area contributed by atoms with Gasteiger partial charge in [-0.1, -0.05) is 13.8 Å². The van der Waals surface area contributed by atoms with Gasteiger partial charge in [-0.05, 0) is 12.3 Å². The van der Waals surface area contributed by atoms with Crippen molar-refractivity contribution in [3.05, 3.63) is 0 Å². The van der Waals surface area contributed by atoms with E-state index in [0.29, 0.717) is 0 Å². The predicted molar refractivity (Wildman–Crippen MR) is 67.9 cm³/mol. The van der Waals surface area contributed by atoms with Gasteiger partial charge in [0.25, 0.3) is 0 Å². The van der Waals surface area contributed by atoms with E-state index >= 15 is 0 Å². The summed E-state index contributed by atoms with van der Waals surface area (Å²) in [6, 6.07) is -2.52. The zero-order chi connectivity index (χ0) is 15.2. The van der Waals surface area contributed by atoms with Crippen LogP contribution in [0.4, 0.5) is 0 Å². The van der Waals surface area contributed by atoms with E-state index in [1.165, 1.54) is 0 Å². The summed E-state index contributed by atoms with van der Waals surface area (Å²) in [6.07, 6.45) is 1.13. The fourth-order valence-corrected chi connectivity index (χ4v) is 2.12. The first-order valence-electron chi connectivity index (χ1n) is 5.68. The van der Waals surface area contributed by atoms with Crippen molar-refractivity contribution in [3.8, 4) is 0 Å². The van der Waals surface area contributed by atoms with E-state index in [2.05, 4.69) is 10.0 Å². The van der Waals surface area contributed by atoms with Gasteiger partial charge in [-0.25, -0.2) is 17.9 Å². The van der Waals surface area contributed by atoms with E-state index in [1.54, 1.807) is 13.8 Å². The summed E-state index contributed by atoms with van der Waals surface area (Å²) in [7, 11) is -3.60. The molecule has 0 spiro atoms. The van der Waals surface area contributed by atoms with Gasteiger partial charge in [0.15, 0.2) is 0 Å². The number of rotatable bonds is 8. The smallest absolute Gasteiger partial charge is 0.328 e. The molecule has 0 aliphatic rings. The van der Waals surface area contributed by atoms with Crippen molar-refractivity contribution in [3.63, 3.8) is 0 Å². The highest BCUT2D eigenvalue weighted by Gasteiger charge is 2.27. The molecule has 0 radical (unpaired) electrons. The molecule has 0 saturated heterocycles. The molecule has 0 aromatic heterocycles. The van der Waals surface area contributed by atoms with Crippen LogP contribution in [-0.2, 0) is 19.6 Å². The van der Waals surface area contributed by atoms with Crippen LogP contribution in [0.2, 0.25) is 0 Å². The van der Waals surface area contributed by atoms with Crippen LogP contribution in [0.25, 0.3) is 0 Å². The van der Waals surface area contributed by atoms with Crippen LogP contribution >= 0.6 is 0 Å². The van der Waals surface area contributed by atoms with Crippen LogP contribution in [0, 0.1) is 5.92 Å². The molecule has 9 heteroatoms. The van der Waals surface area contributed by atoms with E-state index in [-0.39, 0.29) is 12.3 Å². The molecule has 1 amide bonds. The number of nitrogens with one attached hydrogen (secondary N) is 2. The Bertz CT molecular complexity index is 420. The number of aliphatic carboxylic acids is 1. The molecule has 0 fully saturated rings. The Morgan fingerprint density at radius 3 is 2.05 bits per heavy atom. The first kappa shape index (κ1) is 17.8. The predicted octanol–water partition coefficient (Wildman–Crippen LogP) is -1.49. The van der Waals surface area contributed by atoms with E-state index in [1.807, 2.05) is 0 Å². The van der Waals surface area contributed by atoms with E-state index in [0.717, 1.165) is 6.26 Å². The quantitative estimate of drug-likeness (QED) is 0.431. The minimum atomic E-state index is -3.60. The van der Waals surface area contributed by atoms with Gasteiger partial charge in [0.2, 0.25) is 15.9 Å². The summed E-state index contributed by atoms with van der Waals surface area (Å²) in [5, 5.41) is 19.6. The first-order chi connectivity index (χ1) is 8.56. The molecule has 8 nitrogen and oxygen atoms in total. The SMILES string of the molecule is CC(C)CC(NS(C)(=O)=O)C(=O)NC(CO)C(=O)O. The molecule has 2 unspecified atom stereocenters. The lowest BCUT2D eigenvalue weighted by Gasteiger charge is -2.21. The highest BCUT2D eigenvalue weighted by molar-refractivity contribution is 7.88. The molecule has 2 atom stereocenters. The maximum absolute atomic E-state index is 11.8. The van der Waals surface area contributed by atoms with Crippen molar-refractivity contribution in [2.75, 3.05) is 12.9 Å². The van der Waals surface area contributed by atoms with Gasteiger partial charge < -0.3 is 15.5 Å². The number of sulfonamides is 1. The summed E-state index contributed by atoms with van der Waals surface area (Å²) in [4.78, 5) is 22.5. The van der Waals surface area contributed by atoms with E-state index in [4.69, 9.17) is 10.2 Å². The topological polar surface area (TPSA) is 133 Å². The van der Waals surface area contributed by atoms with Crippen molar-refractivity contribution in [1.82, 2.24) is 10.0 Å². The molecule has 0 aromatic rings. The maximum atomic E-state index is 11.8. The summed E-state index contributed by atoms with van der Waals surface area (Å²) in [6.45, 7) is 2.82. The van der Waals surface area contributed by atoms with Gasteiger partial charge in [-0.15, -0.1) is 0 Å². The van der Waals surface area contributed by atoms with Crippen LogP contribution < -0.4 is 10.0 Å². The van der Waals surface area contributed by atoms with Crippen LogP contribution in [0.3, 0.4) is 0 Å². The molecule has 19 heavy (non-hydrogen) atoms. The Morgan fingerprint density at radius 1 is 1.21 bits per heavy atom. The monoisotopic (exact) mass is 296 g/mol. The van der Waals surface area contributed by atoms with Gasteiger partial charge in [0.1, 0.15) is 12.1 Å². The molecule has 0 aliphatic carbocycles. The number of carbonyl (C=O) groups excluding carboxylic acids is 1. The van der Waals surface area contributed by atoms with Crippen LogP contribution in [-0.4, -0.2) is 55.5 Å². The lowest BCUT2D eigenvalue weighted by molar-refractivity contribution is -0.143. The summed E-state index contributed by atoms with van der Waals surface area (Å²) in [5.74, 6) is -2.14. The van der Waals surface area contributed by atoms with Crippen molar-refractivity contribution in [1.29, 1.82) is 0 Å². The zero-order valence-corrected chi connectivity index (χ0v) is 11.9. The Morgan fingerprint density at radius 2 is 1.74 bits per heavy atom. The summed E-state index contributed by atoms with van der Waals surface area (Å²) < 4.78 is 24.5. The number of carboxylic acids is 1. The average Bonchev–Trinajstić information content (AvgIpc) is 2.21. The molecule has 0 rings (SSSR count). The first-order valence-corrected chi connectivity index (χ1v) is 7.57. The molecular weight excluding hydrogens is 276 g/mol. The Hall–Kier alpha value is -1.19. The maximum Gasteiger partial charge on any atom is 0.328 e. The van der Waals surface area contributed by atoms with Gasteiger partial charge in [0, 0.05) is 0 Å². The molecular formula is C10H20N2O6S. The second kappa shape index (κ2) is 7.41. The van der Waals surface area contributed by atoms with Crippen LogP contribution in [0.5, 0.6) is 0 Å². The largest absolute Gasteiger partial charge is 0.480 e. The highest BCUT2D eigenvalue weighted by Crippen LogP contribution is 2.06. The van der Waals surface area contributed by atoms with Gasteiger partial charge in [-0.3, -0.25) is 4.79 Å². The minimum Gasteiger partial charge on any atom is -0.480 e. The third-order valence-electron chi connectivity index (χ3n) is 2.18. The van der Waals surface area contributed by atoms with Crippen molar-refractivity contribution in [2.45, 2.75) is 32.4 Å². The number of hydrogen-bond donors (Lipinski definition) is 4. The second-order valence-corrected chi connectivity index (χ2v) is 6.43.